The summed E-state index contributed by atoms with van der Waals surface area (Å²) in [4.78, 5) is 0. The van der Waals surface area contributed by atoms with Gasteiger partial charge in [0.1, 0.15) is 5.60 Å². The zero-order chi connectivity index (χ0) is 14.8. The van der Waals surface area contributed by atoms with E-state index in [4.69, 9.17) is 4.74 Å². The van der Waals surface area contributed by atoms with Gasteiger partial charge in [0, 0.05) is 5.92 Å². The lowest BCUT2D eigenvalue weighted by Gasteiger charge is -2.56. The van der Waals surface area contributed by atoms with E-state index < -0.39 is 0 Å². The van der Waals surface area contributed by atoms with Crippen molar-refractivity contribution in [2.75, 3.05) is 0 Å². The van der Waals surface area contributed by atoms with Crippen LogP contribution in [0.3, 0.4) is 0 Å². The maximum atomic E-state index is 6.64. The summed E-state index contributed by atoms with van der Waals surface area (Å²) in [5.74, 6) is 0.623. The molecule has 1 aliphatic carbocycles. The smallest absolute Gasteiger partial charge is 0.124 e. The molecule has 2 aromatic carbocycles. The van der Waals surface area contributed by atoms with Crippen molar-refractivity contribution in [3.63, 3.8) is 0 Å². The highest BCUT2D eigenvalue weighted by Gasteiger charge is 2.56. The fraction of sp³-hybridized carbons (Fsp3) is 0.429. The number of rotatable bonds is 2. The number of benzene rings is 2. The maximum Gasteiger partial charge on any atom is 0.124 e. The Labute approximate surface area is 133 Å². The van der Waals surface area contributed by atoms with Crippen molar-refractivity contribution in [3.05, 3.63) is 71.8 Å². The molecule has 0 aromatic heterocycles. The Bertz CT molecular complexity index is 565. The molecule has 0 unspecified atom stereocenters. The molecular weight excluding hydrogens is 268 g/mol. The zero-order valence-electron chi connectivity index (χ0n) is 13.1. The Morgan fingerprint density at radius 3 is 1.82 bits per heavy atom. The van der Waals surface area contributed by atoms with Crippen molar-refractivity contribution >= 4 is 0 Å². The van der Waals surface area contributed by atoms with Gasteiger partial charge < -0.3 is 4.74 Å². The van der Waals surface area contributed by atoms with Crippen molar-refractivity contribution in [3.8, 4) is 0 Å². The lowest BCUT2D eigenvalue weighted by molar-refractivity contribution is -0.252. The summed E-state index contributed by atoms with van der Waals surface area (Å²) in [5.41, 5.74) is 2.43. The first kappa shape index (κ1) is 14.0. The molecular formula is C21H24O. The number of fused-ring (bicyclic) bond motifs is 1. The highest BCUT2D eigenvalue weighted by atomic mass is 16.5. The minimum atomic E-state index is -0.218. The fourth-order valence-corrected chi connectivity index (χ4v) is 4.41. The average Bonchev–Trinajstić information content (AvgIpc) is 2.56. The molecule has 2 aromatic rings. The second-order valence-corrected chi connectivity index (χ2v) is 6.72. The van der Waals surface area contributed by atoms with Crippen molar-refractivity contribution in [2.45, 2.75) is 50.2 Å². The molecule has 1 heteroatoms. The molecule has 1 aliphatic heterocycles. The van der Waals surface area contributed by atoms with E-state index in [9.17, 15) is 0 Å². The normalized spacial score (nSPS) is 27.1. The first-order valence-electron chi connectivity index (χ1n) is 8.70. The van der Waals surface area contributed by atoms with E-state index in [-0.39, 0.29) is 5.60 Å². The van der Waals surface area contributed by atoms with Crippen LogP contribution < -0.4 is 0 Å². The minimum Gasteiger partial charge on any atom is -0.361 e. The quantitative estimate of drug-likeness (QED) is 0.730. The van der Waals surface area contributed by atoms with Crippen LogP contribution in [0.5, 0.6) is 0 Å². The van der Waals surface area contributed by atoms with Crippen LogP contribution in [0.15, 0.2) is 60.7 Å². The molecule has 22 heavy (non-hydrogen) atoms. The molecule has 2 aliphatic rings. The highest BCUT2D eigenvalue weighted by molar-refractivity contribution is 5.40. The number of hydrogen-bond donors (Lipinski definition) is 0. The van der Waals surface area contributed by atoms with Gasteiger partial charge in [-0.05, 0) is 24.0 Å². The van der Waals surface area contributed by atoms with Crippen molar-refractivity contribution < 1.29 is 4.74 Å². The third kappa shape index (κ3) is 2.19. The maximum absolute atomic E-state index is 6.64. The summed E-state index contributed by atoms with van der Waals surface area (Å²) in [6.07, 6.45) is 8.37. The number of hydrogen-bond acceptors (Lipinski definition) is 1. The summed E-state index contributed by atoms with van der Waals surface area (Å²) in [6, 6.07) is 21.7. The lowest BCUT2D eigenvalue weighted by Crippen LogP contribution is -2.58. The van der Waals surface area contributed by atoms with Crippen LogP contribution in [0, 0.1) is 5.92 Å². The van der Waals surface area contributed by atoms with E-state index in [2.05, 4.69) is 60.7 Å². The van der Waals surface area contributed by atoms with Crippen LogP contribution in [0.4, 0.5) is 0 Å². The third-order valence-corrected chi connectivity index (χ3v) is 5.47. The van der Waals surface area contributed by atoms with Gasteiger partial charge in [-0.2, -0.15) is 0 Å². The Morgan fingerprint density at radius 2 is 1.23 bits per heavy atom. The molecule has 1 saturated heterocycles. The van der Waals surface area contributed by atoms with Gasteiger partial charge in [-0.3, -0.25) is 0 Å². The molecule has 0 radical (unpaired) electrons. The summed E-state index contributed by atoms with van der Waals surface area (Å²) in [6.45, 7) is 0. The van der Waals surface area contributed by atoms with Gasteiger partial charge >= 0.3 is 0 Å². The van der Waals surface area contributed by atoms with Crippen LogP contribution in [0.2, 0.25) is 0 Å². The van der Waals surface area contributed by atoms with Gasteiger partial charge in [0.25, 0.3) is 0 Å². The van der Waals surface area contributed by atoms with E-state index in [0.29, 0.717) is 12.0 Å². The third-order valence-electron chi connectivity index (χ3n) is 5.47. The summed E-state index contributed by atoms with van der Waals surface area (Å²) in [5, 5.41) is 0. The molecule has 0 N–H and O–H groups in total. The molecule has 0 amide bonds. The van der Waals surface area contributed by atoms with Gasteiger partial charge in [-0.15, -0.1) is 0 Å². The van der Waals surface area contributed by atoms with E-state index in [1.807, 2.05) is 0 Å². The Balaban J connectivity index is 1.77. The van der Waals surface area contributed by atoms with E-state index in [1.165, 1.54) is 49.7 Å². The Hall–Kier alpha value is -1.60. The van der Waals surface area contributed by atoms with Crippen LogP contribution in [0.1, 0.15) is 49.7 Å². The molecule has 1 saturated carbocycles. The molecule has 1 heterocycles. The SMILES string of the molecule is c1ccc(C2(c3ccccc3)O[C@H]3CCCCCC[C@H]32)cc1. The highest BCUT2D eigenvalue weighted by Crippen LogP contribution is 2.55. The van der Waals surface area contributed by atoms with Gasteiger partial charge in [0.15, 0.2) is 0 Å². The van der Waals surface area contributed by atoms with Crippen LogP contribution in [-0.2, 0) is 10.3 Å². The Morgan fingerprint density at radius 1 is 0.682 bits per heavy atom. The largest absolute Gasteiger partial charge is 0.361 e. The predicted octanol–water partition coefficient (Wildman–Crippen LogP) is 5.30. The van der Waals surface area contributed by atoms with Gasteiger partial charge in [-0.25, -0.2) is 0 Å². The van der Waals surface area contributed by atoms with E-state index >= 15 is 0 Å². The molecule has 0 bridgehead atoms. The fourth-order valence-electron chi connectivity index (χ4n) is 4.41. The van der Waals surface area contributed by atoms with Gasteiger partial charge in [-0.1, -0.05) is 86.3 Å². The monoisotopic (exact) mass is 292 g/mol. The van der Waals surface area contributed by atoms with Crippen molar-refractivity contribution in [1.29, 1.82) is 0 Å². The first-order chi connectivity index (χ1) is 10.9. The van der Waals surface area contributed by atoms with Gasteiger partial charge in [0.05, 0.1) is 6.10 Å². The van der Waals surface area contributed by atoms with Crippen molar-refractivity contribution in [1.82, 2.24) is 0 Å². The zero-order valence-corrected chi connectivity index (χ0v) is 13.1. The number of ether oxygens (including phenoxy) is 1. The standard InChI is InChI=1S/C21H24O/c1-2-10-16-20-19(15-9-1)21(22-20,17-11-5-3-6-12-17)18-13-7-4-8-14-18/h3-8,11-14,19-20H,1-2,9-10,15-16H2/t19-,20+/m1/s1. The summed E-state index contributed by atoms with van der Waals surface area (Å²) >= 11 is 0. The minimum absolute atomic E-state index is 0.218. The molecule has 2 atom stereocenters. The molecule has 4 rings (SSSR count). The van der Waals surface area contributed by atoms with Gasteiger partial charge in [0.2, 0.25) is 0 Å². The summed E-state index contributed by atoms with van der Waals surface area (Å²) < 4.78 is 6.64. The lowest BCUT2D eigenvalue weighted by atomic mass is 9.65. The summed E-state index contributed by atoms with van der Waals surface area (Å²) in [7, 11) is 0. The first-order valence-corrected chi connectivity index (χ1v) is 8.70. The molecule has 2 fully saturated rings. The Kier molecular flexibility index (Phi) is 3.75. The van der Waals surface area contributed by atoms with Crippen LogP contribution >= 0.6 is 0 Å². The second-order valence-electron chi connectivity index (χ2n) is 6.72. The van der Waals surface area contributed by atoms with Crippen LogP contribution in [-0.4, -0.2) is 6.10 Å². The second kappa shape index (κ2) is 5.89. The van der Waals surface area contributed by atoms with Crippen molar-refractivity contribution in [2.24, 2.45) is 5.92 Å². The van der Waals surface area contributed by atoms with Crippen LogP contribution in [0.25, 0.3) is 0 Å². The molecule has 1 nitrogen and oxygen atoms in total. The van der Waals surface area contributed by atoms with E-state index in [1.54, 1.807) is 0 Å². The molecule has 114 valence electrons. The average molecular weight is 292 g/mol. The molecule has 0 spiro atoms. The van der Waals surface area contributed by atoms with E-state index in [0.717, 1.165) is 0 Å². The topological polar surface area (TPSA) is 9.23 Å². The predicted molar refractivity (Wildman–Crippen MR) is 89.7 cm³/mol.